The van der Waals surface area contributed by atoms with Gasteiger partial charge in [-0.2, -0.15) is 0 Å². The monoisotopic (exact) mass is 437 g/mol. The number of aromatic nitrogens is 2. The molecule has 0 bridgehead atoms. The lowest BCUT2D eigenvalue weighted by atomic mass is 9.92. The van der Waals surface area contributed by atoms with Crippen LogP contribution < -0.4 is 4.74 Å². The molecule has 1 aromatic heterocycles. The minimum Gasteiger partial charge on any atom is -0.496 e. The Kier molecular flexibility index (Phi) is 5.86. The molecule has 4 rings (SSSR count). The summed E-state index contributed by atoms with van der Waals surface area (Å²) in [6.07, 6.45) is 5.84. The second-order valence-corrected chi connectivity index (χ2v) is 7.61. The fourth-order valence-electron chi connectivity index (χ4n) is 3.95. The lowest BCUT2D eigenvalue weighted by Crippen LogP contribution is -2.40. The number of carbonyl (C=O) groups excluding carboxylic acids is 1. The van der Waals surface area contributed by atoms with Crippen LogP contribution in [-0.2, 0) is 4.79 Å². The Morgan fingerprint density at radius 1 is 1.16 bits per heavy atom. The molecule has 1 fully saturated rings. The highest BCUT2D eigenvalue weighted by Crippen LogP contribution is 2.42. The molecule has 8 heteroatoms. The van der Waals surface area contributed by atoms with E-state index in [1.807, 2.05) is 18.2 Å². The molecular formula is C23H20ClN3O4. The van der Waals surface area contributed by atoms with Crippen LogP contribution in [-0.4, -0.2) is 51.5 Å². The molecule has 1 aliphatic rings. The SMILES string of the molecule is COc1cc(C(=O)N2CCCC2C(=O)O)cc(-c2ccccc2Cl)c1-c1cncnc1. The molecule has 0 radical (unpaired) electrons. The molecule has 1 N–H and O–H groups in total. The third-order valence-corrected chi connectivity index (χ3v) is 5.71. The molecule has 1 atom stereocenters. The molecule has 7 nitrogen and oxygen atoms in total. The molecule has 31 heavy (non-hydrogen) atoms. The predicted octanol–water partition coefficient (Wildman–Crippen LogP) is 4.16. The summed E-state index contributed by atoms with van der Waals surface area (Å²) in [6.45, 7) is 0.397. The average molecular weight is 438 g/mol. The summed E-state index contributed by atoms with van der Waals surface area (Å²) in [6, 6.07) is 9.83. The van der Waals surface area contributed by atoms with Crippen LogP contribution in [0.3, 0.4) is 0 Å². The quantitative estimate of drug-likeness (QED) is 0.644. The van der Waals surface area contributed by atoms with Crippen molar-refractivity contribution in [2.75, 3.05) is 13.7 Å². The summed E-state index contributed by atoms with van der Waals surface area (Å²) in [5.74, 6) is -0.906. The number of ether oxygens (including phenoxy) is 1. The molecule has 1 unspecified atom stereocenters. The van der Waals surface area contributed by atoms with Gasteiger partial charge >= 0.3 is 5.97 Å². The number of benzene rings is 2. The number of carboxylic acids is 1. The van der Waals surface area contributed by atoms with Gasteiger partial charge in [-0.3, -0.25) is 4.79 Å². The number of hydrogen-bond acceptors (Lipinski definition) is 5. The first kappa shape index (κ1) is 20.8. The lowest BCUT2D eigenvalue weighted by Gasteiger charge is -2.23. The first-order valence-electron chi connectivity index (χ1n) is 9.77. The zero-order valence-electron chi connectivity index (χ0n) is 16.8. The Hall–Kier alpha value is -3.45. The summed E-state index contributed by atoms with van der Waals surface area (Å²) < 4.78 is 5.64. The van der Waals surface area contributed by atoms with Crippen molar-refractivity contribution in [2.24, 2.45) is 0 Å². The fourth-order valence-corrected chi connectivity index (χ4v) is 4.19. The van der Waals surface area contributed by atoms with Crippen LogP contribution in [0.15, 0.2) is 55.1 Å². The first-order chi connectivity index (χ1) is 15.0. The van der Waals surface area contributed by atoms with Crippen LogP contribution >= 0.6 is 11.6 Å². The topological polar surface area (TPSA) is 92.6 Å². The molecule has 1 saturated heterocycles. The van der Waals surface area contributed by atoms with Gasteiger partial charge in [-0.1, -0.05) is 29.8 Å². The number of likely N-dealkylation sites (tertiary alicyclic amines) is 1. The molecule has 0 saturated carbocycles. The zero-order chi connectivity index (χ0) is 22.0. The van der Waals surface area contributed by atoms with Crippen molar-refractivity contribution in [3.63, 3.8) is 0 Å². The van der Waals surface area contributed by atoms with Crippen molar-refractivity contribution < 1.29 is 19.4 Å². The first-order valence-corrected chi connectivity index (χ1v) is 10.1. The molecular weight excluding hydrogens is 418 g/mol. The molecule has 158 valence electrons. The van der Waals surface area contributed by atoms with Crippen molar-refractivity contribution in [1.29, 1.82) is 0 Å². The van der Waals surface area contributed by atoms with Gasteiger partial charge in [-0.25, -0.2) is 14.8 Å². The minimum atomic E-state index is -0.998. The number of methoxy groups -OCH3 is 1. The van der Waals surface area contributed by atoms with Crippen LogP contribution in [0.1, 0.15) is 23.2 Å². The Labute approximate surface area is 184 Å². The minimum absolute atomic E-state index is 0.334. The van der Waals surface area contributed by atoms with E-state index in [0.717, 1.165) is 0 Å². The van der Waals surface area contributed by atoms with Crippen LogP contribution in [0.5, 0.6) is 5.75 Å². The lowest BCUT2D eigenvalue weighted by molar-refractivity contribution is -0.141. The zero-order valence-corrected chi connectivity index (χ0v) is 17.5. The normalized spacial score (nSPS) is 15.7. The Bertz CT molecular complexity index is 1140. The van der Waals surface area contributed by atoms with Crippen LogP contribution in [0.2, 0.25) is 5.02 Å². The van der Waals surface area contributed by atoms with Gasteiger partial charge in [0.15, 0.2) is 0 Å². The summed E-state index contributed by atoms with van der Waals surface area (Å²) >= 11 is 6.49. The fraction of sp³-hybridized carbons (Fsp3) is 0.217. The average Bonchev–Trinajstić information content (AvgIpc) is 3.29. The van der Waals surface area contributed by atoms with Crippen LogP contribution in [0.4, 0.5) is 0 Å². The van der Waals surface area contributed by atoms with Crippen molar-refractivity contribution in [2.45, 2.75) is 18.9 Å². The smallest absolute Gasteiger partial charge is 0.326 e. The van der Waals surface area contributed by atoms with Crippen molar-refractivity contribution in [3.05, 3.63) is 65.7 Å². The van der Waals surface area contributed by atoms with Gasteiger partial charge in [0.25, 0.3) is 5.91 Å². The summed E-state index contributed by atoms with van der Waals surface area (Å²) in [7, 11) is 1.52. The highest BCUT2D eigenvalue weighted by atomic mass is 35.5. The highest BCUT2D eigenvalue weighted by molar-refractivity contribution is 6.33. The van der Waals surface area contributed by atoms with Gasteiger partial charge < -0.3 is 14.7 Å². The molecule has 0 aliphatic carbocycles. The van der Waals surface area contributed by atoms with E-state index < -0.39 is 12.0 Å². The number of aliphatic carboxylic acids is 1. The largest absolute Gasteiger partial charge is 0.496 e. The number of nitrogens with zero attached hydrogens (tertiary/aromatic N) is 3. The maximum Gasteiger partial charge on any atom is 0.326 e. The Balaban J connectivity index is 1.92. The van der Waals surface area contributed by atoms with Gasteiger partial charge in [0.1, 0.15) is 18.1 Å². The maximum atomic E-state index is 13.3. The second-order valence-electron chi connectivity index (χ2n) is 7.20. The van der Waals surface area contributed by atoms with E-state index in [9.17, 15) is 14.7 Å². The van der Waals surface area contributed by atoms with E-state index in [2.05, 4.69) is 9.97 Å². The molecule has 0 spiro atoms. The van der Waals surface area contributed by atoms with Gasteiger partial charge in [0.2, 0.25) is 0 Å². The van der Waals surface area contributed by atoms with Crippen LogP contribution in [0.25, 0.3) is 22.3 Å². The number of halogens is 1. The highest BCUT2D eigenvalue weighted by Gasteiger charge is 2.35. The number of carboxylic acid groups (broad SMARTS) is 1. The van der Waals surface area contributed by atoms with E-state index in [1.165, 1.54) is 18.3 Å². The molecule has 3 aromatic rings. The van der Waals surface area contributed by atoms with Crippen molar-refractivity contribution in [3.8, 4) is 28.0 Å². The number of carbonyl (C=O) groups is 2. The van der Waals surface area contributed by atoms with Gasteiger partial charge in [-0.05, 0) is 36.6 Å². The Morgan fingerprint density at radius 3 is 2.58 bits per heavy atom. The van der Waals surface area contributed by atoms with Crippen LogP contribution in [0, 0.1) is 0 Å². The third kappa shape index (κ3) is 3.96. The summed E-state index contributed by atoms with van der Waals surface area (Å²) in [5.41, 5.74) is 3.13. The van der Waals surface area contributed by atoms with Gasteiger partial charge in [0.05, 0.1) is 7.11 Å². The molecule has 2 heterocycles. The standard InChI is InChI=1S/C23H20ClN3O4/c1-31-20-10-14(22(28)27-8-4-7-19(27)23(29)30)9-17(16-5-2-3-6-18(16)24)21(20)15-11-25-13-26-12-15/h2-3,5-6,9-13,19H,4,7-8H2,1H3,(H,29,30). The maximum absolute atomic E-state index is 13.3. The molecule has 1 aliphatic heterocycles. The van der Waals surface area contributed by atoms with E-state index in [1.54, 1.807) is 30.6 Å². The summed E-state index contributed by atoms with van der Waals surface area (Å²) in [5, 5.41) is 10.0. The number of hydrogen-bond donors (Lipinski definition) is 1. The van der Waals surface area contributed by atoms with Gasteiger partial charge in [0, 0.05) is 46.2 Å². The summed E-state index contributed by atoms with van der Waals surface area (Å²) in [4.78, 5) is 34.5. The van der Waals surface area contributed by atoms with Crippen molar-refractivity contribution in [1.82, 2.24) is 14.9 Å². The van der Waals surface area contributed by atoms with E-state index in [0.29, 0.717) is 58.0 Å². The Morgan fingerprint density at radius 2 is 1.90 bits per heavy atom. The molecule has 2 aromatic carbocycles. The van der Waals surface area contributed by atoms with Crippen molar-refractivity contribution >= 4 is 23.5 Å². The number of rotatable bonds is 5. The number of amides is 1. The van der Waals surface area contributed by atoms with Gasteiger partial charge in [-0.15, -0.1) is 0 Å². The predicted molar refractivity (Wildman–Crippen MR) is 116 cm³/mol. The second kappa shape index (κ2) is 8.73. The molecule has 1 amide bonds. The van der Waals surface area contributed by atoms with E-state index in [-0.39, 0.29) is 5.91 Å². The third-order valence-electron chi connectivity index (χ3n) is 5.38. The van der Waals surface area contributed by atoms with E-state index >= 15 is 0 Å². The van der Waals surface area contributed by atoms with E-state index in [4.69, 9.17) is 16.3 Å².